The molecule has 0 spiro atoms. The molecule has 4 heterocycles. The maximum Gasteiger partial charge on any atom is 0.220 e. The van der Waals surface area contributed by atoms with Crippen molar-refractivity contribution in [3.05, 3.63) is 23.7 Å². The normalized spacial score (nSPS) is 25.5. The van der Waals surface area contributed by atoms with Crippen LogP contribution in [0.25, 0.3) is 5.65 Å². The zero-order valence-corrected chi connectivity index (χ0v) is 15.1. The minimum Gasteiger partial charge on any atom is -0.352 e. The van der Waals surface area contributed by atoms with Crippen LogP contribution < -0.4 is 5.32 Å². The Kier molecular flexibility index (Phi) is 4.11. The summed E-state index contributed by atoms with van der Waals surface area (Å²) in [5, 5.41) is 16.7. The third kappa shape index (κ3) is 3.20. The Balaban J connectivity index is 1.24. The fourth-order valence-corrected chi connectivity index (χ4v) is 4.37. The number of nitrogens with one attached hydrogen (secondary N) is 1. The average molecular weight is 354 g/mol. The van der Waals surface area contributed by atoms with Crippen LogP contribution in [0.3, 0.4) is 0 Å². The van der Waals surface area contributed by atoms with Gasteiger partial charge in [-0.15, -0.1) is 10.2 Å². The second-order valence-corrected chi connectivity index (χ2v) is 8.09. The first kappa shape index (κ1) is 16.2. The lowest BCUT2D eigenvalue weighted by atomic mass is 9.95. The Morgan fingerprint density at radius 3 is 2.65 bits per heavy atom. The molecule has 1 aliphatic carbocycles. The minimum absolute atomic E-state index is 0.212. The van der Waals surface area contributed by atoms with E-state index >= 15 is 0 Å². The predicted molar refractivity (Wildman–Crippen MR) is 97.0 cm³/mol. The van der Waals surface area contributed by atoms with Crippen LogP contribution >= 0.6 is 0 Å². The Hall–Kier alpha value is -2.02. The highest BCUT2D eigenvalue weighted by atomic mass is 16.1. The van der Waals surface area contributed by atoms with Crippen LogP contribution in [-0.4, -0.2) is 56.3 Å². The molecule has 1 atom stereocenters. The Morgan fingerprint density at radius 1 is 1.04 bits per heavy atom. The van der Waals surface area contributed by atoms with Gasteiger partial charge in [0.1, 0.15) is 0 Å². The summed E-state index contributed by atoms with van der Waals surface area (Å²) in [6.45, 7) is 3.08. The van der Waals surface area contributed by atoms with E-state index in [-0.39, 0.29) is 5.91 Å². The molecule has 26 heavy (non-hydrogen) atoms. The number of carbonyl (C=O) groups is 1. The van der Waals surface area contributed by atoms with E-state index in [4.69, 9.17) is 5.10 Å². The van der Waals surface area contributed by atoms with Gasteiger partial charge in [-0.25, -0.2) is 0 Å². The molecule has 3 fully saturated rings. The first-order valence-electron chi connectivity index (χ1n) is 10.0. The number of hydrogen-bond donors (Lipinski definition) is 1. The van der Waals surface area contributed by atoms with Gasteiger partial charge in [-0.3, -0.25) is 4.79 Å². The van der Waals surface area contributed by atoms with Crippen molar-refractivity contribution < 1.29 is 4.79 Å². The number of likely N-dealkylation sites (tertiary alicyclic amines) is 1. The van der Waals surface area contributed by atoms with E-state index in [1.165, 1.54) is 18.5 Å². The molecule has 1 amide bonds. The number of aromatic nitrogens is 4. The molecule has 2 saturated heterocycles. The van der Waals surface area contributed by atoms with Crippen LogP contribution in [0.15, 0.2) is 12.1 Å². The van der Waals surface area contributed by atoms with E-state index < -0.39 is 0 Å². The fourth-order valence-electron chi connectivity index (χ4n) is 4.37. The van der Waals surface area contributed by atoms with Gasteiger partial charge in [-0.2, -0.15) is 9.61 Å². The number of rotatable bonds is 4. The van der Waals surface area contributed by atoms with Gasteiger partial charge < -0.3 is 10.2 Å². The van der Waals surface area contributed by atoms with Crippen molar-refractivity contribution in [1.82, 2.24) is 30.0 Å². The van der Waals surface area contributed by atoms with Crippen LogP contribution in [-0.2, 0) is 4.79 Å². The van der Waals surface area contributed by atoms with Crippen LogP contribution in [0.4, 0.5) is 0 Å². The SMILES string of the molecule is O=C1CCCC(CN2CCC(c3nnc4ccc(C5CC5)nn34)CC2)N1. The first-order valence-corrected chi connectivity index (χ1v) is 10.0. The molecule has 0 bridgehead atoms. The van der Waals surface area contributed by atoms with Gasteiger partial charge >= 0.3 is 0 Å². The monoisotopic (exact) mass is 354 g/mol. The average Bonchev–Trinajstić information content (AvgIpc) is 3.42. The van der Waals surface area contributed by atoms with Crippen molar-refractivity contribution in [3.8, 4) is 0 Å². The molecule has 7 nitrogen and oxygen atoms in total. The third-order valence-electron chi connectivity index (χ3n) is 6.06. The molecule has 0 radical (unpaired) electrons. The summed E-state index contributed by atoms with van der Waals surface area (Å²) in [4.78, 5) is 14.1. The zero-order valence-electron chi connectivity index (χ0n) is 15.1. The van der Waals surface area contributed by atoms with Gasteiger partial charge in [0.15, 0.2) is 11.5 Å². The molecular weight excluding hydrogens is 328 g/mol. The number of carbonyl (C=O) groups excluding carboxylic acids is 1. The van der Waals surface area contributed by atoms with Crippen LogP contribution in [0.5, 0.6) is 0 Å². The topological polar surface area (TPSA) is 75.4 Å². The number of amides is 1. The summed E-state index contributed by atoms with van der Waals surface area (Å²) >= 11 is 0. The highest BCUT2D eigenvalue weighted by Gasteiger charge is 2.29. The van der Waals surface area contributed by atoms with Gasteiger partial charge in [0, 0.05) is 30.8 Å². The fraction of sp³-hybridized carbons (Fsp3) is 0.684. The van der Waals surface area contributed by atoms with E-state index in [0.29, 0.717) is 24.3 Å². The molecule has 0 aromatic carbocycles. The molecule has 138 valence electrons. The molecule has 7 heteroatoms. The maximum atomic E-state index is 11.6. The summed E-state index contributed by atoms with van der Waals surface area (Å²) in [7, 11) is 0. The number of fused-ring (bicyclic) bond motifs is 1. The largest absolute Gasteiger partial charge is 0.352 e. The van der Waals surface area contributed by atoms with Gasteiger partial charge in [-0.05, 0) is 63.7 Å². The van der Waals surface area contributed by atoms with Crippen molar-refractivity contribution in [2.45, 2.75) is 62.8 Å². The van der Waals surface area contributed by atoms with Crippen LogP contribution in [0, 0.1) is 0 Å². The summed E-state index contributed by atoms with van der Waals surface area (Å²) in [6, 6.07) is 4.48. The van der Waals surface area contributed by atoms with Gasteiger partial charge in [0.25, 0.3) is 0 Å². The highest BCUT2D eigenvalue weighted by Crippen LogP contribution is 2.39. The van der Waals surface area contributed by atoms with E-state index in [2.05, 4.69) is 32.5 Å². The number of piperidine rings is 2. The second-order valence-electron chi connectivity index (χ2n) is 8.09. The van der Waals surface area contributed by atoms with E-state index in [1.807, 2.05) is 4.52 Å². The van der Waals surface area contributed by atoms with Crippen molar-refractivity contribution in [2.24, 2.45) is 0 Å². The van der Waals surface area contributed by atoms with E-state index in [1.54, 1.807) is 0 Å². The minimum atomic E-state index is 0.212. The second kappa shape index (κ2) is 6.61. The number of hydrogen-bond acceptors (Lipinski definition) is 5. The van der Waals surface area contributed by atoms with Crippen LogP contribution in [0.1, 0.15) is 68.3 Å². The van der Waals surface area contributed by atoms with Crippen molar-refractivity contribution in [3.63, 3.8) is 0 Å². The third-order valence-corrected chi connectivity index (χ3v) is 6.06. The zero-order chi connectivity index (χ0) is 17.5. The Morgan fingerprint density at radius 2 is 1.88 bits per heavy atom. The highest BCUT2D eigenvalue weighted by molar-refractivity contribution is 5.76. The van der Waals surface area contributed by atoms with Crippen molar-refractivity contribution >= 4 is 11.6 Å². The van der Waals surface area contributed by atoms with Gasteiger partial charge in [-0.1, -0.05) is 0 Å². The maximum absolute atomic E-state index is 11.6. The van der Waals surface area contributed by atoms with Crippen molar-refractivity contribution in [1.29, 1.82) is 0 Å². The molecule has 1 N–H and O–H groups in total. The number of nitrogens with zero attached hydrogens (tertiary/aromatic N) is 5. The van der Waals surface area contributed by atoms with Crippen LogP contribution in [0.2, 0.25) is 0 Å². The summed E-state index contributed by atoms with van der Waals surface area (Å²) in [5.74, 6) is 2.29. The smallest absolute Gasteiger partial charge is 0.220 e. The van der Waals surface area contributed by atoms with Gasteiger partial charge in [0.05, 0.1) is 5.69 Å². The summed E-state index contributed by atoms with van der Waals surface area (Å²) < 4.78 is 1.98. The molecule has 5 rings (SSSR count). The lowest BCUT2D eigenvalue weighted by Crippen LogP contribution is -2.48. The Labute approximate surface area is 153 Å². The molecule has 2 aromatic rings. The predicted octanol–water partition coefficient (Wildman–Crippen LogP) is 1.85. The Bertz CT molecular complexity index is 805. The molecule has 2 aliphatic heterocycles. The lowest BCUT2D eigenvalue weighted by molar-refractivity contribution is -0.123. The standard InChI is InChI=1S/C19H26N6O/c26-18-3-1-2-15(20-18)12-24-10-8-14(9-11-24)19-22-21-17-7-6-16(13-4-5-13)23-25(17)19/h6-7,13-15H,1-5,8-12H2,(H,20,26). The molecule has 2 aromatic heterocycles. The van der Waals surface area contributed by atoms with E-state index in [0.717, 1.165) is 56.8 Å². The molecule has 1 unspecified atom stereocenters. The van der Waals surface area contributed by atoms with Crippen molar-refractivity contribution in [2.75, 3.05) is 19.6 Å². The lowest BCUT2D eigenvalue weighted by Gasteiger charge is -2.35. The van der Waals surface area contributed by atoms with E-state index in [9.17, 15) is 4.79 Å². The van der Waals surface area contributed by atoms with Gasteiger partial charge in [0.2, 0.25) is 5.91 Å². The summed E-state index contributed by atoms with van der Waals surface area (Å²) in [6.07, 6.45) is 7.49. The first-order chi connectivity index (χ1) is 12.8. The molecule has 3 aliphatic rings. The quantitative estimate of drug-likeness (QED) is 0.907. The molecular formula is C19H26N6O. The summed E-state index contributed by atoms with van der Waals surface area (Å²) in [5.41, 5.74) is 2.04. The molecule has 1 saturated carbocycles.